The Hall–Kier alpha value is -1.72. The van der Waals surface area contributed by atoms with Gasteiger partial charge in [0.25, 0.3) is 0 Å². The first-order valence-electron chi connectivity index (χ1n) is 5.86. The Kier molecular flexibility index (Phi) is 4.52. The number of phenolic OH excluding ortho intramolecular Hbond substituents is 1. The second-order valence-corrected chi connectivity index (χ2v) is 5.01. The maximum absolute atomic E-state index is 11.8. The van der Waals surface area contributed by atoms with Crippen molar-refractivity contribution in [3.8, 4) is 5.75 Å². The first kappa shape index (κ1) is 14.7. The quantitative estimate of drug-likeness (QED) is 0.846. The number of nitrogens with zero attached hydrogens (tertiary/aromatic N) is 1. The van der Waals surface area contributed by atoms with Crippen LogP contribution in [-0.4, -0.2) is 16.2 Å². The summed E-state index contributed by atoms with van der Waals surface area (Å²) in [6.45, 7) is 1.76. The first-order chi connectivity index (χ1) is 9.47. The van der Waals surface area contributed by atoms with Crippen LogP contribution in [0, 0.1) is 6.92 Å². The minimum absolute atomic E-state index is 0.0399. The number of benzene rings is 1. The van der Waals surface area contributed by atoms with E-state index < -0.39 is 0 Å². The number of aromatic nitrogens is 1. The highest BCUT2D eigenvalue weighted by Gasteiger charge is 2.13. The highest BCUT2D eigenvalue weighted by molar-refractivity contribution is 6.31. The standard InChI is InChI=1S/C13H12Cl2N2O3/c1-7-9(13(15)20-17-7)3-5-12(19)16-10-6-8(14)2-4-11(10)18/h2,4,6,18H,3,5H2,1H3,(H,16,19). The maximum atomic E-state index is 11.8. The fourth-order valence-corrected chi connectivity index (χ4v) is 2.14. The van der Waals surface area contributed by atoms with Crippen molar-refractivity contribution in [1.82, 2.24) is 5.16 Å². The Morgan fingerprint density at radius 3 is 2.85 bits per heavy atom. The Bertz CT molecular complexity index is 621. The van der Waals surface area contributed by atoms with Gasteiger partial charge in [0.05, 0.1) is 11.4 Å². The Morgan fingerprint density at radius 1 is 1.45 bits per heavy atom. The third-order valence-corrected chi connectivity index (χ3v) is 3.30. The van der Waals surface area contributed by atoms with Gasteiger partial charge in [0.2, 0.25) is 11.1 Å². The molecular formula is C13H12Cl2N2O3. The van der Waals surface area contributed by atoms with E-state index in [-0.39, 0.29) is 29.0 Å². The summed E-state index contributed by atoms with van der Waals surface area (Å²) in [4.78, 5) is 11.8. The number of aryl methyl sites for hydroxylation is 1. The molecule has 0 bridgehead atoms. The van der Waals surface area contributed by atoms with Gasteiger partial charge in [-0.15, -0.1) is 0 Å². The van der Waals surface area contributed by atoms with Crippen molar-refractivity contribution in [3.05, 3.63) is 39.7 Å². The average Bonchev–Trinajstić information content (AvgIpc) is 2.71. The summed E-state index contributed by atoms with van der Waals surface area (Å²) < 4.78 is 4.81. The lowest BCUT2D eigenvalue weighted by Crippen LogP contribution is -2.12. The number of halogens is 2. The summed E-state index contributed by atoms with van der Waals surface area (Å²) in [5.74, 6) is -0.304. The molecule has 0 aliphatic carbocycles. The summed E-state index contributed by atoms with van der Waals surface area (Å²) in [5, 5.41) is 16.5. The van der Waals surface area contributed by atoms with Gasteiger partial charge in [0.15, 0.2) is 0 Å². The fourth-order valence-electron chi connectivity index (χ4n) is 1.70. The Balaban J connectivity index is 1.98. The molecule has 0 aliphatic heterocycles. The van der Waals surface area contributed by atoms with Crippen molar-refractivity contribution in [2.75, 3.05) is 5.32 Å². The minimum Gasteiger partial charge on any atom is -0.506 e. The molecule has 2 aromatic rings. The molecule has 1 heterocycles. The van der Waals surface area contributed by atoms with Crippen molar-refractivity contribution >= 4 is 34.8 Å². The molecular weight excluding hydrogens is 303 g/mol. The second-order valence-electron chi connectivity index (χ2n) is 4.23. The van der Waals surface area contributed by atoms with E-state index in [2.05, 4.69) is 10.5 Å². The molecule has 1 aromatic carbocycles. The number of anilines is 1. The number of amides is 1. The van der Waals surface area contributed by atoms with Gasteiger partial charge in [-0.1, -0.05) is 16.8 Å². The number of aromatic hydroxyl groups is 1. The third kappa shape index (κ3) is 3.43. The van der Waals surface area contributed by atoms with Crippen LogP contribution in [0.5, 0.6) is 5.75 Å². The number of nitrogens with one attached hydrogen (secondary N) is 1. The molecule has 0 atom stereocenters. The maximum Gasteiger partial charge on any atom is 0.229 e. The molecule has 2 N–H and O–H groups in total. The molecule has 1 aromatic heterocycles. The van der Waals surface area contributed by atoms with E-state index in [1.165, 1.54) is 18.2 Å². The van der Waals surface area contributed by atoms with Crippen LogP contribution in [0.2, 0.25) is 10.2 Å². The largest absolute Gasteiger partial charge is 0.506 e. The van der Waals surface area contributed by atoms with Crippen molar-refractivity contribution < 1.29 is 14.4 Å². The molecule has 106 valence electrons. The van der Waals surface area contributed by atoms with Gasteiger partial charge in [-0.25, -0.2) is 0 Å². The van der Waals surface area contributed by atoms with Gasteiger partial charge >= 0.3 is 0 Å². The zero-order valence-corrected chi connectivity index (χ0v) is 12.1. The molecule has 0 saturated carbocycles. The van der Waals surface area contributed by atoms with Gasteiger partial charge in [0, 0.05) is 17.0 Å². The number of rotatable bonds is 4. The summed E-state index contributed by atoms with van der Waals surface area (Å²) >= 11 is 11.6. The van der Waals surface area contributed by atoms with Crippen LogP contribution in [0.1, 0.15) is 17.7 Å². The smallest absolute Gasteiger partial charge is 0.229 e. The molecule has 7 heteroatoms. The van der Waals surface area contributed by atoms with Crippen LogP contribution in [0.3, 0.4) is 0 Å². The Labute approximate surface area is 125 Å². The highest BCUT2D eigenvalue weighted by Crippen LogP contribution is 2.27. The zero-order chi connectivity index (χ0) is 14.7. The minimum atomic E-state index is -0.265. The molecule has 0 radical (unpaired) electrons. The normalized spacial score (nSPS) is 10.6. The van der Waals surface area contributed by atoms with Gasteiger partial charge in [0.1, 0.15) is 5.75 Å². The van der Waals surface area contributed by atoms with Gasteiger partial charge in [-0.3, -0.25) is 4.79 Å². The number of phenols is 1. The van der Waals surface area contributed by atoms with E-state index in [4.69, 9.17) is 27.7 Å². The number of carbonyl (C=O) groups excluding carboxylic acids is 1. The van der Waals surface area contributed by atoms with Crippen LogP contribution in [0.25, 0.3) is 0 Å². The second kappa shape index (κ2) is 6.15. The SMILES string of the molecule is Cc1noc(Cl)c1CCC(=O)Nc1cc(Cl)ccc1O. The molecule has 1 amide bonds. The fraction of sp³-hybridized carbons (Fsp3) is 0.231. The molecule has 20 heavy (non-hydrogen) atoms. The molecule has 0 unspecified atom stereocenters. The monoisotopic (exact) mass is 314 g/mol. The Morgan fingerprint density at radius 2 is 2.20 bits per heavy atom. The zero-order valence-electron chi connectivity index (χ0n) is 10.6. The number of hydrogen-bond acceptors (Lipinski definition) is 4. The van der Waals surface area contributed by atoms with E-state index >= 15 is 0 Å². The van der Waals surface area contributed by atoms with Crippen LogP contribution in [0.15, 0.2) is 22.7 Å². The van der Waals surface area contributed by atoms with Gasteiger partial charge < -0.3 is 14.9 Å². The van der Waals surface area contributed by atoms with Crippen LogP contribution < -0.4 is 5.32 Å². The van der Waals surface area contributed by atoms with Crippen LogP contribution >= 0.6 is 23.2 Å². The number of carbonyl (C=O) groups is 1. The molecule has 5 nitrogen and oxygen atoms in total. The molecule has 0 fully saturated rings. The summed E-state index contributed by atoms with van der Waals surface area (Å²) in [6, 6.07) is 4.43. The van der Waals surface area contributed by atoms with Gasteiger partial charge in [-0.05, 0) is 43.1 Å². The van der Waals surface area contributed by atoms with Crippen molar-refractivity contribution in [2.45, 2.75) is 19.8 Å². The van der Waals surface area contributed by atoms with Crippen LogP contribution in [0.4, 0.5) is 5.69 Å². The highest BCUT2D eigenvalue weighted by atomic mass is 35.5. The predicted molar refractivity (Wildman–Crippen MR) is 76.3 cm³/mol. The predicted octanol–water partition coefficient (Wildman–Crippen LogP) is 3.57. The molecule has 0 spiro atoms. The summed E-state index contributed by atoms with van der Waals surface area (Å²) in [5.41, 5.74) is 1.64. The van der Waals surface area contributed by atoms with Gasteiger partial charge in [-0.2, -0.15) is 0 Å². The summed E-state index contributed by atoms with van der Waals surface area (Å²) in [6.07, 6.45) is 0.592. The lowest BCUT2D eigenvalue weighted by atomic mass is 10.1. The van der Waals surface area contributed by atoms with E-state index in [1.807, 2.05) is 0 Å². The lowest BCUT2D eigenvalue weighted by molar-refractivity contribution is -0.116. The van der Waals surface area contributed by atoms with E-state index in [0.29, 0.717) is 22.7 Å². The van der Waals surface area contributed by atoms with E-state index in [9.17, 15) is 9.90 Å². The third-order valence-electron chi connectivity index (χ3n) is 2.77. The molecule has 2 rings (SSSR count). The number of hydrogen-bond donors (Lipinski definition) is 2. The lowest BCUT2D eigenvalue weighted by Gasteiger charge is -2.07. The van der Waals surface area contributed by atoms with Crippen LogP contribution in [-0.2, 0) is 11.2 Å². The topological polar surface area (TPSA) is 75.4 Å². The first-order valence-corrected chi connectivity index (χ1v) is 6.62. The molecule has 0 saturated heterocycles. The van der Waals surface area contributed by atoms with Crippen molar-refractivity contribution in [3.63, 3.8) is 0 Å². The van der Waals surface area contributed by atoms with Crippen molar-refractivity contribution in [2.24, 2.45) is 0 Å². The van der Waals surface area contributed by atoms with E-state index in [1.54, 1.807) is 6.92 Å². The van der Waals surface area contributed by atoms with E-state index in [0.717, 1.165) is 0 Å². The van der Waals surface area contributed by atoms with Crippen molar-refractivity contribution in [1.29, 1.82) is 0 Å². The molecule has 0 aliphatic rings. The summed E-state index contributed by atoms with van der Waals surface area (Å²) in [7, 11) is 0. The average molecular weight is 315 g/mol.